The first-order chi connectivity index (χ1) is 10.1. The monoisotopic (exact) mass is 307 g/mol. The van der Waals surface area contributed by atoms with Crippen LogP contribution in [-0.4, -0.2) is 35.9 Å². The van der Waals surface area contributed by atoms with Crippen LogP contribution in [0.1, 0.15) is 18.4 Å². The van der Waals surface area contributed by atoms with Crippen molar-refractivity contribution in [2.75, 3.05) is 24.7 Å². The normalized spacial score (nSPS) is 19.0. The van der Waals surface area contributed by atoms with Gasteiger partial charge in [0.1, 0.15) is 16.7 Å². The van der Waals surface area contributed by atoms with Crippen LogP contribution in [0.5, 0.6) is 0 Å². The molecule has 3 heterocycles. The van der Waals surface area contributed by atoms with Crippen molar-refractivity contribution >= 4 is 17.4 Å². The largest absolute Gasteiger partial charge is 0.377 e. The van der Waals surface area contributed by atoms with Crippen LogP contribution in [0, 0.1) is 13.8 Å². The minimum absolute atomic E-state index is 0.280. The number of rotatable bonds is 2. The Morgan fingerprint density at radius 1 is 1.33 bits per heavy atom. The Balaban J connectivity index is 2.04. The smallest absolute Gasteiger partial charge is 0.141 e. The van der Waals surface area contributed by atoms with Crippen LogP contribution in [0.25, 0.3) is 11.1 Å². The zero-order valence-electron chi connectivity index (χ0n) is 12.4. The van der Waals surface area contributed by atoms with Gasteiger partial charge in [0, 0.05) is 12.1 Å². The lowest BCUT2D eigenvalue weighted by Crippen LogP contribution is -2.44. The Labute approximate surface area is 128 Å². The fraction of sp³-hybridized carbons (Fsp3) is 0.467. The molecule has 2 aromatic heterocycles. The number of hydrogen-bond donors (Lipinski definition) is 0. The molecular weight excluding hydrogens is 290 g/mol. The highest BCUT2D eigenvalue weighted by Crippen LogP contribution is 2.32. The second-order valence-electron chi connectivity index (χ2n) is 5.35. The zero-order valence-corrected chi connectivity index (χ0v) is 13.1. The van der Waals surface area contributed by atoms with E-state index in [1.807, 2.05) is 26.0 Å². The summed E-state index contributed by atoms with van der Waals surface area (Å²) in [5, 5.41) is 4.48. The number of hydrogen-bond acceptors (Lipinski definition) is 5. The molecule has 0 spiro atoms. The molecule has 1 aliphatic rings. The second-order valence-corrected chi connectivity index (χ2v) is 5.74. The lowest BCUT2D eigenvalue weighted by atomic mass is 10.1. The molecule has 1 aliphatic heterocycles. The van der Waals surface area contributed by atoms with E-state index in [1.165, 1.54) is 0 Å². The minimum atomic E-state index is 0.280. The van der Waals surface area contributed by atoms with E-state index in [0.717, 1.165) is 34.9 Å². The fourth-order valence-corrected chi connectivity index (χ4v) is 2.94. The van der Waals surface area contributed by atoms with Gasteiger partial charge in [0.25, 0.3) is 0 Å². The number of anilines is 1. The quantitative estimate of drug-likeness (QED) is 0.797. The maximum Gasteiger partial charge on any atom is 0.141 e. The molecule has 112 valence electrons. The lowest BCUT2D eigenvalue weighted by Gasteiger charge is -2.34. The van der Waals surface area contributed by atoms with Crippen molar-refractivity contribution in [1.29, 1.82) is 0 Å². The van der Waals surface area contributed by atoms with E-state index in [1.54, 1.807) is 0 Å². The van der Waals surface area contributed by atoms with E-state index in [2.05, 4.69) is 22.0 Å². The Bertz CT molecular complexity index is 637. The van der Waals surface area contributed by atoms with Crippen LogP contribution in [0.4, 0.5) is 5.82 Å². The van der Waals surface area contributed by atoms with Crippen LogP contribution < -0.4 is 4.90 Å². The van der Waals surface area contributed by atoms with Crippen molar-refractivity contribution in [3.63, 3.8) is 0 Å². The molecule has 3 rings (SSSR count). The summed E-state index contributed by atoms with van der Waals surface area (Å²) in [4.78, 5) is 6.68. The van der Waals surface area contributed by atoms with Gasteiger partial charge in [-0.3, -0.25) is 0 Å². The minimum Gasteiger partial charge on any atom is -0.377 e. The van der Waals surface area contributed by atoms with Crippen LogP contribution in [0.15, 0.2) is 16.7 Å². The Morgan fingerprint density at radius 3 is 2.81 bits per heavy atom. The molecule has 0 bridgehead atoms. The molecule has 1 unspecified atom stereocenters. The van der Waals surface area contributed by atoms with Crippen LogP contribution >= 0.6 is 11.6 Å². The van der Waals surface area contributed by atoms with E-state index >= 15 is 0 Å². The van der Waals surface area contributed by atoms with Gasteiger partial charge in [-0.05, 0) is 38.5 Å². The molecule has 0 radical (unpaired) electrons. The van der Waals surface area contributed by atoms with Crippen LogP contribution in [0.3, 0.4) is 0 Å². The second kappa shape index (κ2) is 5.66. The fourth-order valence-electron chi connectivity index (χ4n) is 2.74. The van der Waals surface area contributed by atoms with Crippen molar-refractivity contribution in [3.05, 3.63) is 28.7 Å². The highest BCUT2D eigenvalue weighted by Gasteiger charge is 2.22. The molecule has 0 aromatic carbocycles. The molecule has 2 aromatic rings. The first-order valence-corrected chi connectivity index (χ1v) is 7.39. The van der Waals surface area contributed by atoms with Gasteiger partial charge in [-0.2, -0.15) is 0 Å². The van der Waals surface area contributed by atoms with Gasteiger partial charge in [0.2, 0.25) is 0 Å². The first-order valence-electron chi connectivity index (χ1n) is 7.01. The van der Waals surface area contributed by atoms with E-state index < -0.39 is 0 Å². The Kier molecular flexibility index (Phi) is 3.87. The predicted octanol–water partition coefficient (Wildman–Crippen LogP) is 3.23. The topological polar surface area (TPSA) is 51.4 Å². The van der Waals surface area contributed by atoms with Gasteiger partial charge in [0.15, 0.2) is 0 Å². The number of aryl methyl sites for hydroxylation is 2. The highest BCUT2D eigenvalue weighted by molar-refractivity contribution is 6.29. The Morgan fingerprint density at radius 2 is 2.14 bits per heavy atom. The summed E-state index contributed by atoms with van der Waals surface area (Å²) in [7, 11) is 0. The third-order valence-corrected chi connectivity index (χ3v) is 3.96. The van der Waals surface area contributed by atoms with Crippen molar-refractivity contribution in [2.45, 2.75) is 26.8 Å². The summed E-state index contributed by atoms with van der Waals surface area (Å²) in [6.07, 6.45) is 0. The number of nitrogens with zero attached hydrogens (tertiary/aromatic N) is 3. The molecule has 0 aliphatic carbocycles. The predicted molar refractivity (Wildman–Crippen MR) is 81.8 cm³/mol. The van der Waals surface area contributed by atoms with E-state index in [9.17, 15) is 0 Å². The highest BCUT2D eigenvalue weighted by atomic mass is 35.5. The summed E-state index contributed by atoms with van der Waals surface area (Å²) in [5.74, 6) is 1.66. The van der Waals surface area contributed by atoms with E-state index in [0.29, 0.717) is 18.4 Å². The molecular formula is C15H18ClN3O2. The zero-order chi connectivity index (χ0) is 15.0. The summed E-state index contributed by atoms with van der Waals surface area (Å²) in [6.45, 7) is 8.18. The molecule has 6 heteroatoms. The maximum atomic E-state index is 6.22. The third kappa shape index (κ3) is 2.76. The number of halogens is 1. The summed E-state index contributed by atoms with van der Waals surface area (Å²) in [5.41, 5.74) is 2.83. The number of pyridine rings is 1. The van der Waals surface area contributed by atoms with Crippen molar-refractivity contribution in [3.8, 4) is 11.1 Å². The van der Waals surface area contributed by atoms with Gasteiger partial charge >= 0.3 is 0 Å². The summed E-state index contributed by atoms with van der Waals surface area (Å²) >= 11 is 6.22. The van der Waals surface area contributed by atoms with Gasteiger partial charge in [-0.1, -0.05) is 16.8 Å². The van der Waals surface area contributed by atoms with Crippen molar-refractivity contribution in [1.82, 2.24) is 10.1 Å². The standard InChI is InChI=1S/C15H18ClN3O2/c1-9-8-20-5-4-19(9)14-7-12(6-13(16)17-14)15-10(2)18-21-11(15)3/h6-7,9H,4-5,8H2,1-3H3. The molecule has 1 atom stereocenters. The van der Waals surface area contributed by atoms with E-state index in [4.69, 9.17) is 20.9 Å². The Hall–Kier alpha value is -1.59. The molecule has 0 amide bonds. The number of morpholine rings is 1. The van der Waals surface area contributed by atoms with Gasteiger partial charge in [-0.25, -0.2) is 4.98 Å². The third-order valence-electron chi connectivity index (χ3n) is 3.76. The summed E-state index contributed by atoms with van der Waals surface area (Å²) in [6, 6.07) is 4.17. The molecule has 0 N–H and O–H groups in total. The van der Waals surface area contributed by atoms with Crippen LogP contribution in [-0.2, 0) is 4.74 Å². The first kappa shape index (κ1) is 14.4. The molecule has 1 fully saturated rings. The average molecular weight is 308 g/mol. The van der Waals surface area contributed by atoms with Gasteiger partial charge in [-0.15, -0.1) is 0 Å². The number of ether oxygens (including phenoxy) is 1. The molecule has 1 saturated heterocycles. The molecule has 5 nitrogen and oxygen atoms in total. The SMILES string of the molecule is Cc1noc(C)c1-c1cc(Cl)nc(N2CCOCC2C)c1. The molecule has 21 heavy (non-hydrogen) atoms. The van der Waals surface area contributed by atoms with Gasteiger partial charge in [0.05, 0.1) is 24.9 Å². The molecule has 0 saturated carbocycles. The van der Waals surface area contributed by atoms with Crippen LogP contribution in [0.2, 0.25) is 5.15 Å². The summed E-state index contributed by atoms with van der Waals surface area (Å²) < 4.78 is 10.7. The maximum absolute atomic E-state index is 6.22. The average Bonchev–Trinajstić information content (AvgIpc) is 2.78. The van der Waals surface area contributed by atoms with E-state index in [-0.39, 0.29) is 6.04 Å². The van der Waals surface area contributed by atoms with Gasteiger partial charge < -0.3 is 14.2 Å². The lowest BCUT2D eigenvalue weighted by molar-refractivity contribution is 0.0985. The van der Waals surface area contributed by atoms with Crippen molar-refractivity contribution in [2.24, 2.45) is 0 Å². The number of aromatic nitrogens is 2. The van der Waals surface area contributed by atoms with Crippen molar-refractivity contribution < 1.29 is 9.26 Å².